The van der Waals surface area contributed by atoms with Crippen molar-refractivity contribution in [2.24, 2.45) is 0 Å². The van der Waals surface area contributed by atoms with Gasteiger partial charge in [0, 0.05) is 6.54 Å². The lowest BCUT2D eigenvalue weighted by atomic mass is 10.2. The topological polar surface area (TPSA) is 73.1 Å². The molecule has 5 heteroatoms. The van der Waals surface area contributed by atoms with E-state index in [0.29, 0.717) is 11.6 Å². The molecule has 0 amide bonds. The van der Waals surface area contributed by atoms with Crippen LogP contribution in [0.5, 0.6) is 5.75 Å². The second kappa shape index (κ2) is 6.06. The van der Waals surface area contributed by atoms with E-state index in [1.54, 1.807) is 13.3 Å². The van der Waals surface area contributed by atoms with Gasteiger partial charge in [-0.15, -0.1) is 0 Å². The highest BCUT2D eigenvalue weighted by Gasteiger charge is 2.04. The lowest BCUT2D eigenvalue weighted by Gasteiger charge is -2.09. The normalized spacial score (nSPS) is 10.0. The minimum absolute atomic E-state index is 0.258. The van der Waals surface area contributed by atoms with Crippen molar-refractivity contribution >= 4 is 11.8 Å². The number of aromatic nitrogens is 2. The molecule has 3 N–H and O–H groups in total. The molecule has 0 radical (unpaired) electrons. The van der Waals surface area contributed by atoms with Crippen molar-refractivity contribution in [3.05, 3.63) is 6.20 Å². The lowest BCUT2D eigenvalue weighted by Crippen LogP contribution is -2.07. The Kier molecular flexibility index (Phi) is 4.66. The highest BCUT2D eigenvalue weighted by molar-refractivity contribution is 5.50. The van der Waals surface area contributed by atoms with Crippen LogP contribution < -0.4 is 15.8 Å². The third-order valence-electron chi connectivity index (χ3n) is 2.07. The fraction of sp³-hybridized carbons (Fsp3) is 0.600. The number of nitrogen functional groups attached to an aromatic ring is 1. The first-order valence-electron chi connectivity index (χ1n) is 5.18. The molecule has 0 aliphatic rings. The third-order valence-corrected chi connectivity index (χ3v) is 2.07. The number of nitrogens with zero attached hydrogens (tertiary/aromatic N) is 2. The smallest absolute Gasteiger partial charge is 0.222 e. The van der Waals surface area contributed by atoms with Crippen LogP contribution in [0.2, 0.25) is 0 Å². The molecule has 0 unspecified atom stereocenters. The molecular formula is C10H18N4O. The fourth-order valence-corrected chi connectivity index (χ4v) is 1.24. The van der Waals surface area contributed by atoms with Crippen molar-refractivity contribution < 1.29 is 4.74 Å². The number of rotatable bonds is 6. The van der Waals surface area contributed by atoms with Gasteiger partial charge in [-0.05, 0) is 6.42 Å². The molecule has 0 atom stereocenters. The molecule has 0 aromatic carbocycles. The Morgan fingerprint density at radius 2 is 2.27 bits per heavy atom. The van der Waals surface area contributed by atoms with E-state index in [0.717, 1.165) is 13.0 Å². The van der Waals surface area contributed by atoms with Crippen molar-refractivity contribution in [1.82, 2.24) is 9.97 Å². The van der Waals surface area contributed by atoms with Crippen LogP contribution in [0.1, 0.15) is 26.2 Å². The molecule has 1 aromatic rings. The molecule has 5 nitrogen and oxygen atoms in total. The van der Waals surface area contributed by atoms with Crippen molar-refractivity contribution in [1.29, 1.82) is 0 Å². The van der Waals surface area contributed by atoms with Crippen LogP contribution >= 0.6 is 0 Å². The first-order chi connectivity index (χ1) is 7.27. The van der Waals surface area contributed by atoms with Gasteiger partial charge < -0.3 is 15.8 Å². The molecule has 0 aliphatic carbocycles. The molecule has 0 saturated heterocycles. The lowest BCUT2D eigenvalue weighted by molar-refractivity contribution is 0.413. The summed E-state index contributed by atoms with van der Waals surface area (Å²) >= 11 is 0. The van der Waals surface area contributed by atoms with Crippen LogP contribution in [0.4, 0.5) is 11.8 Å². The quantitative estimate of drug-likeness (QED) is 0.699. The standard InChI is InChI=1S/C10H18N4O/c1-3-4-5-6-12-9-8(15-2)7-13-10(11)14-9/h7H,3-6H2,1-2H3,(H3,11,12,13,14). The maximum Gasteiger partial charge on any atom is 0.222 e. The van der Waals surface area contributed by atoms with Crippen molar-refractivity contribution in [3.63, 3.8) is 0 Å². The van der Waals surface area contributed by atoms with E-state index in [9.17, 15) is 0 Å². The highest BCUT2D eigenvalue weighted by atomic mass is 16.5. The Morgan fingerprint density at radius 1 is 1.47 bits per heavy atom. The van der Waals surface area contributed by atoms with E-state index in [2.05, 4.69) is 22.2 Å². The summed E-state index contributed by atoms with van der Waals surface area (Å²) in [5.74, 6) is 1.55. The van der Waals surface area contributed by atoms with Gasteiger partial charge in [0.25, 0.3) is 0 Å². The number of hydrogen-bond acceptors (Lipinski definition) is 5. The Bertz CT molecular complexity index is 303. The molecule has 1 rings (SSSR count). The largest absolute Gasteiger partial charge is 0.491 e. The van der Waals surface area contributed by atoms with E-state index in [-0.39, 0.29) is 5.95 Å². The Morgan fingerprint density at radius 3 is 2.93 bits per heavy atom. The van der Waals surface area contributed by atoms with Gasteiger partial charge in [-0.25, -0.2) is 4.98 Å². The van der Waals surface area contributed by atoms with Gasteiger partial charge in [0.15, 0.2) is 11.6 Å². The van der Waals surface area contributed by atoms with Gasteiger partial charge in [0.1, 0.15) is 0 Å². The summed E-state index contributed by atoms with van der Waals surface area (Å²) in [6.07, 6.45) is 5.09. The number of nitrogens with one attached hydrogen (secondary N) is 1. The van der Waals surface area contributed by atoms with Crippen LogP contribution in [0, 0.1) is 0 Å². The molecule has 1 heterocycles. The van der Waals surface area contributed by atoms with E-state index >= 15 is 0 Å². The number of ether oxygens (including phenoxy) is 1. The van der Waals surface area contributed by atoms with Crippen molar-refractivity contribution in [2.45, 2.75) is 26.2 Å². The Hall–Kier alpha value is -1.52. The summed E-state index contributed by atoms with van der Waals surface area (Å²) in [5, 5.41) is 3.18. The zero-order valence-electron chi connectivity index (χ0n) is 9.29. The summed E-state index contributed by atoms with van der Waals surface area (Å²) in [5.41, 5.74) is 5.49. The summed E-state index contributed by atoms with van der Waals surface area (Å²) in [6.45, 7) is 3.05. The number of nitrogens with two attached hydrogens (primary N) is 1. The Balaban J connectivity index is 2.54. The molecule has 0 fully saturated rings. The first kappa shape index (κ1) is 11.6. The maximum absolute atomic E-state index is 5.49. The molecule has 0 bridgehead atoms. The average Bonchev–Trinajstić information content (AvgIpc) is 2.25. The van der Waals surface area contributed by atoms with Crippen LogP contribution in [0.3, 0.4) is 0 Å². The minimum atomic E-state index is 0.258. The van der Waals surface area contributed by atoms with Crippen LogP contribution in [0.25, 0.3) is 0 Å². The van der Waals surface area contributed by atoms with Crippen LogP contribution in [-0.2, 0) is 0 Å². The van der Waals surface area contributed by atoms with Gasteiger partial charge in [0.2, 0.25) is 5.95 Å². The molecule has 15 heavy (non-hydrogen) atoms. The molecule has 84 valence electrons. The number of anilines is 2. The summed E-state index contributed by atoms with van der Waals surface area (Å²) in [6, 6.07) is 0. The van der Waals surface area contributed by atoms with Crippen LogP contribution in [-0.4, -0.2) is 23.6 Å². The summed E-state index contributed by atoms with van der Waals surface area (Å²) < 4.78 is 5.11. The van der Waals surface area contributed by atoms with Gasteiger partial charge in [-0.1, -0.05) is 19.8 Å². The van der Waals surface area contributed by atoms with Gasteiger partial charge in [-0.3, -0.25) is 0 Å². The molecule has 0 spiro atoms. The van der Waals surface area contributed by atoms with Crippen molar-refractivity contribution in [3.8, 4) is 5.75 Å². The van der Waals surface area contributed by atoms with Crippen LogP contribution in [0.15, 0.2) is 6.20 Å². The number of methoxy groups -OCH3 is 1. The zero-order valence-corrected chi connectivity index (χ0v) is 9.29. The average molecular weight is 210 g/mol. The van der Waals surface area contributed by atoms with Gasteiger partial charge >= 0.3 is 0 Å². The van der Waals surface area contributed by atoms with Gasteiger partial charge in [0.05, 0.1) is 13.3 Å². The predicted octanol–water partition coefficient (Wildman–Crippen LogP) is 1.67. The fourth-order valence-electron chi connectivity index (χ4n) is 1.24. The summed E-state index contributed by atoms with van der Waals surface area (Å²) in [7, 11) is 1.59. The maximum atomic E-state index is 5.49. The monoisotopic (exact) mass is 210 g/mol. The number of hydrogen-bond donors (Lipinski definition) is 2. The van der Waals surface area contributed by atoms with E-state index in [1.807, 2.05) is 0 Å². The minimum Gasteiger partial charge on any atom is -0.491 e. The molecule has 1 aromatic heterocycles. The highest BCUT2D eigenvalue weighted by Crippen LogP contribution is 2.20. The van der Waals surface area contributed by atoms with Crippen molar-refractivity contribution in [2.75, 3.05) is 24.7 Å². The number of unbranched alkanes of at least 4 members (excludes halogenated alkanes) is 2. The second-order valence-electron chi connectivity index (χ2n) is 3.28. The van der Waals surface area contributed by atoms with E-state index in [4.69, 9.17) is 10.5 Å². The molecular weight excluding hydrogens is 192 g/mol. The van der Waals surface area contributed by atoms with Gasteiger partial charge in [-0.2, -0.15) is 4.98 Å². The molecule has 0 saturated carbocycles. The first-order valence-corrected chi connectivity index (χ1v) is 5.18. The zero-order chi connectivity index (χ0) is 11.1. The Labute approximate surface area is 90.1 Å². The second-order valence-corrected chi connectivity index (χ2v) is 3.28. The summed E-state index contributed by atoms with van der Waals surface area (Å²) in [4.78, 5) is 7.93. The van der Waals surface area contributed by atoms with E-state index < -0.39 is 0 Å². The van der Waals surface area contributed by atoms with E-state index in [1.165, 1.54) is 12.8 Å². The predicted molar refractivity (Wildman–Crippen MR) is 61.0 cm³/mol. The molecule has 0 aliphatic heterocycles. The SMILES string of the molecule is CCCCCNc1nc(N)ncc1OC. The third kappa shape index (κ3) is 3.61.